The van der Waals surface area contributed by atoms with E-state index in [0.717, 1.165) is 0 Å². The fourth-order valence-electron chi connectivity index (χ4n) is 0.195. The highest BCUT2D eigenvalue weighted by molar-refractivity contribution is 8.00. The van der Waals surface area contributed by atoms with E-state index < -0.39 is 31.3 Å². The van der Waals surface area contributed by atoms with Crippen molar-refractivity contribution in [2.75, 3.05) is 0 Å². The van der Waals surface area contributed by atoms with Gasteiger partial charge in [-0.05, 0) is 0 Å². The van der Waals surface area contributed by atoms with Crippen molar-refractivity contribution in [2.24, 2.45) is 0 Å². The number of halogens is 6. The van der Waals surface area contributed by atoms with Gasteiger partial charge in [0.05, 0.1) is 0 Å². The second kappa shape index (κ2) is 4.83. The van der Waals surface area contributed by atoms with E-state index in [1.54, 1.807) is 0 Å². The molecule has 0 aliphatic carbocycles. The molecule has 0 aliphatic rings. The van der Waals surface area contributed by atoms with Crippen LogP contribution in [0.1, 0.15) is 0 Å². The fourth-order valence-corrected chi connectivity index (χ4v) is 1.76. The Bertz CT molecular complexity index is 387. The molecule has 0 rings (SSSR count). The summed E-state index contributed by atoms with van der Waals surface area (Å²) >= 11 is 0. The fraction of sp³-hybridized carbons (Fsp3) is 1.00. The van der Waals surface area contributed by atoms with Gasteiger partial charge in [-0.3, -0.25) is 0 Å². The Labute approximate surface area is 101 Å². The van der Waals surface area contributed by atoms with E-state index >= 15 is 0 Å². The van der Waals surface area contributed by atoms with Crippen LogP contribution in [-0.4, -0.2) is 50.9 Å². The average Bonchev–Trinajstić information content (AvgIpc) is 1.77. The molecule has 0 aliphatic heterocycles. The molecule has 14 heteroatoms. The number of rotatable bonds is 2. The normalized spacial score (nSPS) is 14.4. The monoisotopic (exact) mass is 308 g/mol. The third-order valence-electron chi connectivity index (χ3n) is 0.746. The minimum absolute atomic E-state index is 0. The molecule has 96 valence electrons. The lowest BCUT2D eigenvalue weighted by Gasteiger charge is -2.09. The van der Waals surface area contributed by atoms with Crippen LogP contribution in [0.2, 0.25) is 0 Å². The summed E-state index contributed by atoms with van der Waals surface area (Å²) in [5.41, 5.74) is -12.5. The highest BCUT2D eigenvalue weighted by Gasteiger charge is 2.57. The maximum atomic E-state index is 11.4. The van der Waals surface area contributed by atoms with Gasteiger partial charge in [-0.1, -0.05) is 0 Å². The molecule has 0 aromatic rings. The van der Waals surface area contributed by atoms with Crippen LogP contribution in [0.25, 0.3) is 0 Å². The number of alkyl halides is 6. The zero-order valence-corrected chi connectivity index (χ0v) is 7.76. The average molecular weight is 308 g/mol. The van der Waals surface area contributed by atoms with E-state index in [2.05, 4.69) is 0 Å². The van der Waals surface area contributed by atoms with Crippen LogP contribution in [0.15, 0.2) is 0 Å². The van der Waals surface area contributed by atoms with Crippen LogP contribution in [-0.2, 0) is 23.9 Å². The molecule has 0 unspecified atom stereocenters. The summed E-state index contributed by atoms with van der Waals surface area (Å²) in [6.07, 6.45) is 0. The van der Waals surface area contributed by atoms with Crippen LogP contribution >= 0.6 is 0 Å². The first-order chi connectivity index (χ1) is 6.21. The van der Waals surface area contributed by atoms with Crippen LogP contribution in [0, 0.1) is 0 Å². The molecule has 0 heterocycles. The van der Waals surface area contributed by atoms with Crippen molar-refractivity contribution >= 4 is 43.3 Å². The Morgan fingerprint density at radius 1 is 0.688 bits per heavy atom. The van der Waals surface area contributed by atoms with Crippen LogP contribution in [0.5, 0.6) is 0 Å². The van der Waals surface area contributed by atoms with Crippen LogP contribution in [0.3, 0.4) is 0 Å². The van der Waals surface area contributed by atoms with Crippen molar-refractivity contribution in [3.8, 4) is 0 Å². The Morgan fingerprint density at radius 3 is 1.00 bits per heavy atom. The third-order valence-corrected chi connectivity index (χ3v) is 3.31. The second-order valence-electron chi connectivity index (χ2n) is 1.87. The summed E-state index contributed by atoms with van der Waals surface area (Å²) in [6.45, 7) is 0. The van der Waals surface area contributed by atoms with Gasteiger partial charge in [0, 0.05) is 0 Å². The molecule has 0 atom stereocenters. The summed E-state index contributed by atoms with van der Waals surface area (Å²) in [4.78, 5) is 0. The predicted molar refractivity (Wildman–Crippen MR) is 39.6 cm³/mol. The molecule has 0 spiro atoms. The molecular weight excluding hydrogens is 306 g/mol. The molecule has 16 heavy (non-hydrogen) atoms. The molecule has 0 bridgehead atoms. The molecule has 0 amide bonds. The van der Waals surface area contributed by atoms with Crippen molar-refractivity contribution in [1.29, 1.82) is 0 Å². The van der Waals surface area contributed by atoms with Gasteiger partial charge in [0.25, 0.3) is 0 Å². The van der Waals surface area contributed by atoms with Gasteiger partial charge in [0.1, 0.15) is 0 Å². The lowest BCUT2D eigenvalue weighted by atomic mass is 11.6. The predicted octanol–water partition coefficient (Wildman–Crippen LogP) is -0.214. The molecule has 0 fully saturated rings. The Hall–Kier alpha value is 0.206. The Morgan fingerprint density at radius 2 is 0.875 bits per heavy atom. The smallest absolute Gasteiger partial charge is 0.188 e. The SMILES string of the molecule is O=S(=O)(OS(=O)(=O)C(F)(F)F)C(F)(F)F.[MgH2]. The maximum absolute atomic E-state index is 11.4. The maximum Gasteiger partial charge on any atom is 0.524 e. The highest BCUT2D eigenvalue weighted by atomic mass is 32.3. The van der Waals surface area contributed by atoms with E-state index in [0.29, 0.717) is 0 Å². The van der Waals surface area contributed by atoms with E-state index in [1.807, 2.05) is 3.63 Å². The minimum Gasteiger partial charge on any atom is -0.188 e. The first kappa shape index (κ1) is 18.6. The summed E-state index contributed by atoms with van der Waals surface area (Å²) in [6, 6.07) is 0. The van der Waals surface area contributed by atoms with Crippen molar-refractivity contribution in [3.05, 3.63) is 0 Å². The molecular formula is C2H2F6MgO5S2. The van der Waals surface area contributed by atoms with Gasteiger partial charge in [0.15, 0.2) is 0 Å². The first-order valence-electron chi connectivity index (χ1n) is 2.54. The van der Waals surface area contributed by atoms with Gasteiger partial charge in [-0.25, -0.2) is 0 Å². The van der Waals surface area contributed by atoms with E-state index in [-0.39, 0.29) is 23.1 Å². The molecule has 0 saturated carbocycles. The summed E-state index contributed by atoms with van der Waals surface area (Å²) < 4.78 is 110. The molecule has 0 aromatic carbocycles. The van der Waals surface area contributed by atoms with Crippen molar-refractivity contribution in [3.63, 3.8) is 0 Å². The zero-order valence-electron chi connectivity index (χ0n) is 6.13. The van der Waals surface area contributed by atoms with E-state index in [4.69, 9.17) is 0 Å². The van der Waals surface area contributed by atoms with Crippen molar-refractivity contribution < 1.29 is 46.8 Å². The lowest BCUT2D eigenvalue weighted by molar-refractivity contribution is -0.0585. The largest absolute Gasteiger partial charge is 0.524 e. The molecule has 0 aromatic heterocycles. The lowest BCUT2D eigenvalue weighted by Crippen LogP contribution is -2.34. The summed E-state index contributed by atoms with van der Waals surface area (Å²) in [7, 11) is -13.7. The molecule has 5 nitrogen and oxygen atoms in total. The van der Waals surface area contributed by atoms with E-state index in [1.165, 1.54) is 0 Å². The minimum atomic E-state index is -6.85. The van der Waals surface area contributed by atoms with Gasteiger partial charge in [0.2, 0.25) is 0 Å². The summed E-state index contributed by atoms with van der Waals surface area (Å²) in [5.74, 6) is 0. The topological polar surface area (TPSA) is 77.5 Å². The quantitative estimate of drug-likeness (QED) is 0.401. The van der Waals surface area contributed by atoms with Gasteiger partial charge in [-0.15, -0.1) is 3.63 Å². The highest BCUT2D eigenvalue weighted by Crippen LogP contribution is 2.31. The summed E-state index contributed by atoms with van der Waals surface area (Å²) in [5, 5.41) is 0. The van der Waals surface area contributed by atoms with Gasteiger partial charge < -0.3 is 0 Å². The Kier molecular flexibility index (Phi) is 5.61. The van der Waals surface area contributed by atoms with Gasteiger partial charge in [-0.2, -0.15) is 43.2 Å². The van der Waals surface area contributed by atoms with E-state index in [9.17, 15) is 43.2 Å². The standard InChI is InChI=1S/C2F6O5S2.Mg.2H/c3-1(4,5)14(9,10)13-15(11,12)2(6,7)8;;;. The van der Waals surface area contributed by atoms with Crippen molar-refractivity contribution in [1.82, 2.24) is 0 Å². The molecule has 0 radical (unpaired) electrons. The Balaban J connectivity index is 0. The van der Waals surface area contributed by atoms with Crippen LogP contribution in [0.4, 0.5) is 26.3 Å². The second-order valence-corrected chi connectivity index (χ2v) is 5.15. The first-order valence-corrected chi connectivity index (χ1v) is 5.36. The third kappa shape index (κ3) is 4.23. The number of hydrogen-bond acceptors (Lipinski definition) is 5. The number of hydrogen-bond donors (Lipinski definition) is 0. The molecule has 0 N–H and O–H groups in total. The van der Waals surface area contributed by atoms with Crippen molar-refractivity contribution in [2.45, 2.75) is 11.0 Å². The van der Waals surface area contributed by atoms with Crippen LogP contribution < -0.4 is 0 Å². The zero-order chi connectivity index (χ0) is 12.7. The molecule has 0 saturated heterocycles. The van der Waals surface area contributed by atoms with Gasteiger partial charge >= 0.3 is 54.3 Å².